The number of piperidine rings is 1. The van der Waals surface area contributed by atoms with Gasteiger partial charge in [0.25, 0.3) is 0 Å². The van der Waals surface area contributed by atoms with Crippen molar-refractivity contribution in [1.29, 1.82) is 0 Å². The van der Waals surface area contributed by atoms with Crippen LogP contribution in [0.4, 0.5) is 19.0 Å². The molecule has 1 aliphatic rings. The molecule has 0 unspecified atom stereocenters. The molecule has 0 aliphatic carbocycles. The molecule has 1 fully saturated rings. The third kappa shape index (κ3) is 6.37. The molecule has 0 spiro atoms. The van der Waals surface area contributed by atoms with Gasteiger partial charge in [-0.2, -0.15) is 18.2 Å². The van der Waals surface area contributed by atoms with Crippen molar-refractivity contribution in [3.05, 3.63) is 59.6 Å². The predicted molar refractivity (Wildman–Crippen MR) is 125 cm³/mol. The van der Waals surface area contributed by atoms with Gasteiger partial charge in [-0.1, -0.05) is 43.3 Å². The summed E-state index contributed by atoms with van der Waals surface area (Å²) < 4.78 is 43.4. The maximum absolute atomic E-state index is 12.7. The lowest BCUT2D eigenvalue weighted by molar-refractivity contribution is -0.137. The second-order valence-electron chi connectivity index (χ2n) is 9.02. The number of benzene rings is 1. The number of alkyl halides is 3. The number of pyridine rings is 1. The van der Waals surface area contributed by atoms with Gasteiger partial charge in [0.2, 0.25) is 17.6 Å². The molecule has 1 aromatic carbocycles. The Labute approximate surface area is 201 Å². The zero-order chi connectivity index (χ0) is 25.0. The second kappa shape index (κ2) is 10.5. The van der Waals surface area contributed by atoms with Gasteiger partial charge in [0.1, 0.15) is 5.82 Å². The van der Waals surface area contributed by atoms with E-state index < -0.39 is 11.7 Å². The average molecular weight is 488 g/mol. The summed E-state index contributed by atoms with van der Waals surface area (Å²) in [4.78, 5) is 22.7. The van der Waals surface area contributed by atoms with Crippen LogP contribution in [0.3, 0.4) is 0 Å². The van der Waals surface area contributed by atoms with E-state index in [4.69, 9.17) is 4.52 Å². The first-order valence-corrected chi connectivity index (χ1v) is 11.7. The zero-order valence-electron chi connectivity index (χ0n) is 19.7. The van der Waals surface area contributed by atoms with Gasteiger partial charge in [-0.05, 0) is 36.5 Å². The standard InChI is InChI=1S/C25H28F3N5O2/c1-16(2)17-3-5-18(6-4-17)24-31-23(35-32-24)10-9-22(34)30-20-11-13-33(14-12-20)21-8-7-19(15-29-21)25(26,27)28/h3-8,15-16,20H,9-14H2,1-2H3,(H,30,34). The van der Waals surface area contributed by atoms with Gasteiger partial charge in [0.15, 0.2) is 0 Å². The predicted octanol–water partition coefficient (Wildman–Crippen LogP) is 4.99. The number of carbonyl (C=O) groups is 1. The monoisotopic (exact) mass is 487 g/mol. The second-order valence-corrected chi connectivity index (χ2v) is 9.02. The van der Waals surface area contributed by atoms with Crippen molar-refractivity contribution in [2.75, 3.05) is 18.0 Å². The van der Waals surface area contributed by atoms with Gasteiger partial charge in [0, 0.05) is 43.7 Å². The summed E-state index contributed by atoms with van der Waals surface area (Å²) in [6.07, 6.45) is -1.60. The summed E-state index contributed by atoms with van der Waals surface area (Å²) in [6.45, 7) is 5.47. The first-order chi connectivity index (χ1) is 16.7. The molecular weight excluding hydrogens is 459 g/mol. The first kappa shape index (κ1) is 24.7. The number of aromatic nitrogens is 3. The Bertz CT molecular complexity index is 1120. The van der Waals surface area contributed by atoms with E-state index in [-0.39, 0.29) is 18.4 Å². The van der Waals surface area contributed by atoms with Gasteiger partial charge in [-0.25, -0.2) is 4.98 Å². The van der Waals surface area contributed by atoms with Crippen LogP contribution >= 0.6 is 0 Å². The smallest absolute Gasteiger partial charge is 0.356 e. The molecule has 0 radical (unpaired) electrons. The maximum Gasteiger partial charge on any atom is 0.417 e. The lowest BCUT2D eigenvalue weighted by atomic mass is 10.0. The minimum absolute atomic E-state index is 0.00548. The number of nitrogens with zero attached hydrogens (tertiary/aromatic N) is 4. The summed E-state index contributed by atoms with van der Waals surface area (Å²) in [5.74, 6) is 1.76. The number of nitrogens with one attached hydrogen (secondary N) is 1. The minimum atomic E-state index is -4.40. The number of amides is 1. The quantitative estimate of drug-likeness (QED) is 0.505. The lowest BCUT2D eigenvalue weighted by Gasteiger charge is -2.33. The van der Waals surface area contributed by atoms with Crippen LogP contribution < -0.4 is 10.2 Å². The molecule has 0 bridgehead atoms. The van der Waals surface area contributed by atoms with Crippen LogP contribution in [-0.2, 0) is 17.4 Å². The van der Waals surface area contributed by atoms with Gasteiger partial charge >= 0.3 is 6.18 Å². The van der Waals surface area contributed by atoms with E-state index in [1.165, 1.54) is 11.6 Å². The van der Waals surface area contributed by atoms with Gasteiger partial charge in [0.05, 0.1) is 5.56 Å². The van der Waals surface area contributed by atoms with Crippen LogP contribution in [0.5, 0.6) is 0 Å². The molecule has 35 heavy (non-hydrogen) atoms. The highest BCUT2D eigenvalue weighted by atomic mass is 19.4. The van der Waals surface area contributed by atoms with Crippen molar-refractivity contribution in [2.24, 2.45) is 0 Å². The Balaban J connectivity index is 1.22. The highest BCUT2D eigenvalue weighted by Gasteiger charge is 2.31. The Kier molecular flexibility index (Phi) is 7.37. The summed E-state index contributed by atoms with van der Waals surface area (Å²) in [5.41, 5.74) is 1.33. The van der Waals surface area contributed by atoms with Crippen LogP contribution in [0, 0.1) is 0 Å². The Morgan fingerprint density at radius 1 is 1.14 bits per heavy atom. The van der Waals surface area contributed by atoms with E-state index in [1.54, 1.807) is 0 Å². The molecule has 7 nitrogen and oxygen atoms in total. The van der Waals surface area contributed by atoms with Crippen molar-refractivity contribution < 1.29 is 22.5 Å². The molecule has 10 heteroatoms. The number of anilines is 1. The zero-order valence-corrected chi connectivity index (χ0v) is 19.7. The van der Waals surface area contributed by atoms with Crippen molar-refractivity contribution in [3.63, 3.8) is 0 Å². The van der Waals surface area contributed by atoms with Crippen LogP contribution in [0.1, 0.15) is 56.0 Å². The van der Waals surface area contributed by atoms with E-state index in [0.717, 1.165) is 17.8 Å². The number of rotatable bonds is 7. The Morgan fingerprint density at radius 3 is 2.46 bits per heavy atom. The molecule has 0 saturated carbocycles. The third-order valence-corrected chi connectivity index (χ3v) is 6.13. The van der Waals surface area contributed by atoms with E-state index in [2.05, 4.69) is 34.3 Å². The summed E-state index contributed by atoms with van der Waals surface area (Å²) in [7, 11) is 0. The first-order valence-electron chi connectivity index (χ1n) is 11.7. The fraction of sp³-hybridized carbons (Fsp3) is 0.440. The maximum atomic E-state index is 12.7. The molecule has 1 N–H and O–H groups in total. The Morgan fingerprint density at radius 2 is 1.86 bits per heavy atom. The normalized spacial score (nSPS) is 15.0. The molecule has 0 atom stereocenters. The molecule has 1 aliphatic heterocycles. The van der Waals surface area contributed by atoms with E-state index in [9.17, 15) is 18.0 Å². The molecule has 4 rings (SSSR count). The van der Waals surface area contributed by atoms with Crippen molar-refractivity contribution in [3.8, 4) is 11.4 Å². The van der Waals surface area contributed by atoms with Gasteiger partial charge in [-0.15, -0.1) is 0 Å². The van der Waals surface area contributed by atoms with Crippen LogP contribution in [0.15, 0.2) is 47.1 Å². The average Bonchev–Trinajstić information content (AvgIpc) is 3.32. The van der Waals surface area contributed by atoms with Crippen molar-refractivity contribution >= 4 is 11.7 Å². The number of hydrogen-bond acceptors (Lipinski definition) is 6. The molecule has 3 heterocycles. The van der Waals surface area contributed by atoms with E-state index in [0.29, 0.717) is 55.8 Å². The largest absolute Gasteiger partial charge is 0.417 e. The van der Waals surface area contributed by atoms with Crippen molar-refractivity contribution in [1.82, 2.24) is 20.4 Å². The van der Waals surface area contributed by atoms with Crippen LogP contribution in [0.2, 0.25) is 0 Å². The highest BCUT2D eigenvalue weighted by Crippen LogP contribution is 2.30. The van der Waals surface area contributed by atoms with E-state index in [1.807, 2.05) is 29.2 Å². The number of halogens is 3. The number of aryl methyl sites for hydroxylation is 1. The van der Waals surface area contributed by atoms with Gasteiger partial charge in [-0.3, -0.25) is 4.79 Å². The fourth-order valence-electron chi connectivity index (χ4n) is 4.00. The fourth-order valence-corrected chi connectivity index (χ4v) is 4.00. The molecule has 1 saturated heterocycles. The van der Waals surface area contributed by atoms with Gasteiger partial charge < -0.3 is 14.7 Å². The topological polar surface area (TPSA) is 84.2 Å². The molecular formula is C25H28F3N5O2. The third-order valence-electron chi connectivity index (χ3n) is 6.13. The molecule has 3 aromatic rings. The SMILES string of the molecule is CC(C)c1ccc(-c2noc(CCC(=O)NC3CCN(c4ccc(C(F)(F)F)cn4)CC3)n2)cc1. The molecule has 2 aromatic heterocycles. The number of hydrogen-bond donors (Lipinski definition) is 1. The minimum Gasteiger partial charge on any atom is -0.356 e. The van der Waals surface area contributed by atoms with Crippen molar-refractivity contribution in [2.45, 2.75) is 57.7 Å². The summed E-state index contributed by atoms with van der Waals surface area (Å²) >= 11 is 0. The summed E-state index contributed by atoms with van der Waals surface area (Å²) in [6, 6.07) is 10.4. The lowest BCUT2D eigenvalue weighted by Crippen LogP contribution is -2.45. The summed E-state index contributed by atoms with van der Waals surface area (Å²) in [5, 5.41) is 7.04. The van der Waals surface area contributed by atoms with Crippen LogP contribution in [0.25, 0.3) is 11.4 Å². The molecule has 186 valence electrons. The highest BCUT2D eigenvalue weighted by molar-refractivity contribution is 5.76. The number of carbonyl (C=O) groups excluding carboxylic acids is 1. The Hall–Kier alpha value is -3.43. The van der Waals surface area contributed by atoms with Crippen LogP contribution in [-0.4, -0.2) is 40.2 Å². The molecule has 1 amide bonds. The van der Waals surface area contributed by atoms with E-state index >= 15 is 0 Å².